The molecule has 1 unspecified atom stereocenters. The van der Waals surface area contributed by atoms with E-state index in [0.29, 0.717) is 6.54 Å². The number of aromatic amines is 1. The summed E-state index contributed by atoms with van der Waals surface area (Å²) in [7, 11) is 0. The van der Waals surface area contributed by atoms with Gasteiger partial charge >= 0.3 is 0 Å². The molecule has 0 aliphatic carbocycles. The maximum atomic E-state index is 12.8. The van der Waals surface area contributed by atoms with Crippen molar-refractivity contribution in [3.8, 4) is 0 Å². The molecule has 5 nitrogen and oxygen atoms in total. The van der Waals surface area contributed by atoms with Crippen LogP contribution in [0.4, 0.5) is 0 Å². The number of aryl methyl sites for hydroxylation is 1. The number of benzene rings is 2. The highest BCUT2D eigenvalue weighted by molar-refractivity contribution is 5.84. The van der Waals surface area contributed by atoms with Crippen LogP contribution in [0, 0.1) is 12.8 Å². The lowest BCUT2D eigenvalue weighted by atomic mass is 10.0. The second-order valence-corrected chi connectivity index (χ2v) is 7.36. The van der Waals surface area contributed by atoms with E-state index in [4.69, 9.17) is 0 Å². The van der Waals surface area contributed by atoms with Crippen LogP contribution in [0.25, 0.3) is 21.9 Å². The van der Waals surface area contributed by atoms with E-state index in [1.54, 1.807) is 0 Å². The molecule has 2 aromatic heterocycles. The van der Waals surface area contributed by atoms with Gasteiger partial charge in [0, 0.05) is 11.2 Å². The van der Waals surface area contributed by atoms with Gasteiger partial charge in [-0.25, -0.2) is 4.98 Å². The average Bonchev–Trinajstić information content (AvgIpc) is 3.20. The number of para-hydroxylation sites is 3. The van der Waals surface area contributed by atoms with Crippen molar-refractivity contribution in [2.75, 3.05) is 0 Å². The van der Waals surface area contributed by atoms with Crippen molar-refractivity contribution in [3.63, 3.8) is 0 Å². The Morgan fingerprint density at radius 1 is 1.15 bits per heavy atom. The van der Waals surface area contributed by atoms with E-state index in [-0.39, 0.29) is 17.9 Å². The molecule has 0 spiro atoms. The summed E-state index contributed by atoms with van der Waals surface area (Å²) in [6.45, 7) is 6.51. The molecule has 2 aromatic carbocycles. The van der Waals surface area contributed by atoms with E-state index in [9.17, 15) is 4.79 Å². The number of imidazole rings is 1. The average molecular weight is 360 g/mol. The smallest absolute Gasteiger partial charge is 0.240 e. The molecule has 0 aliphatic heterocycles. The number of aromatic nitrogens is 3. The number of H-pyrrole nitrogens is 1. The minimum atomic E-state index is -0.160. The normalized spacial score (nSPS) is 12.7. The first-order valence-corrected chi connectivity index (χ1v) is 9.32. The van der Waals surface area contributed by atoms with Crippen LogP contribution in [0.2, 0.25) is 0 Å². The fourth-order valence-electron chi connectivity index (χ4n) is 3.59. The van der Waals surface area contributed by atoms with E-state index in [1.165, 1.54) is 0 Å². The molecule has 2 heterocycles. The van der Waals surface area contributed by atoms with Crippen LogP contribution in [0.1, 0.15) is 31.4 Å². The molecule has 138 valence electrons. The minimum Gasteiger partial charge on any atom is -0.344 e. The van der Waals surface area contributed by atoms with Crippen molar-refractivity contribution in [1.29, 1.82) is 0 Å². The van der Waals surface area contributed by atoms with E-state index >= 15 is 0 Å². The Balaban J connectivity index is 1.58. The van der Waals surface area contributed by atoms with Gasteiger partial charge in [-0.15, -0.1) is 0 Å². The number of rotatable bonds is 5. The largest absolute Gasteiger partial charge is 0.344 e. The van der Waals surface area contributed by atoms with Crippen LogP contribution >= 0.6 is 0 Å². The van der Waals surface area contributed by atoms with Gasteiger partial charge in [-0.3, -0.25) is 4.79 Å². The number of hydrogen-bond acceptors (Lipinski definition) is 2. The first-order valence-electron chi connectivity index (χ1n) is 9.32. The van der Waals surface area contributed by atoms with Crippen molar-refractivity contribution >= 4 is 27.8 Å². The van der Waals surface area contributed by atoms with E-state index in [1.807, 2.05) is 43.3 Å². The summed E-state index contributed by atoms with van der Waals surface area (Å²) in [6, 6.07) is 18.0. The molecule has 0 fully saturated rings. The van der Waals surface area contributed by atoms with Crippen LogP contribution in [0.15, 0.2) is 54.6 Å². The molecule has 5 heteroatoms. The van der Waals surface area contributed by atoms with Crippen LogP contribution in [0.5, 0.6) is 0 Å². The fourth-order valence-corrected chi connectivity index (χ4v) is 3.59. The van der Waals surface area contributed by atoms with Gasteiger partial charge in [-0.05, 0) is 42.5 Å². The zero-order chi connectivity index (χ0) is 19.0. The monoisotopic (exact) mass is 360 g/mol. The van der Waals surface area contributed by atoms with Gasteiger partial charge < -0.3 is 14.9 Å². The van der Waals surface area contributed by atoms with Gasteiger partial charge in [-0.2, -0.15) is 0 Å². The van der Waals surface area contributed by atoms with Gasteiger partial charge in [0.1, 0.15) is 12.4 Å². The quantitative estimate of drug-likeness (QED) is 0.556. The lowest BCUT2D eigenvalue weighted by molar-refractivity contribution is -0.122. The Morgan fingerprint density at radius 3 is 2.67 bits per heavy atom. The van der Waals surface area contributed by atoms with Crippen LogP contribution in [-0.4, -0.2) is 20.4 Å². The summed E-state index contributed by atoms with van der Waals surface area (Å²) in [4.78, 5) is 20.9. The Morgan fingerprint density at radius 2 is 1.89 bits per heavy atom. The second-order valence-electron chi connectivity index (χ2n) is 7.36. The maximum Gasteiger partial charge on any atom is 0.240 e. The van der Waals surface area contributed by atoms with Crippen molar-refractivity contribution in [2.24, 2.45) is 5.92 Å². The Bertz CT molecular complexity index is 1070. The summed E-state index contributed by atoms with van der Waals surface area (Å²) in [5.74, 6) is 1.00. The molecule has 1 amide bonds. The van der Waals surface area contributed by atoms with Gasteiger partial charge in [0.2, 0.25) is 5.91 Å². The summed E-state index contributed by atoms with van der Waals surface area (Å²) in [5, 5.41) is 4.32. The van der Waals surface area contributed by atoms with Crippen LogP contribution in [-0.2, 0) is 11.3 Å². The molecule has 0 aliphatic rings. The molecule has 4 rings (SSSR count). The second kappa shape index (κ2) is 6.91. The Hall–Kier alpha value is -3.08. The third kappa shape index (κ3) is 3.33. The number of carbonyl (C=O) groups is 1. The van der Waals surface area contributed by atoms with Crippen LogP contribution < -0.4 is 5.32 Å². The van der Waals surface area contributed by atoms with Gasteiger partial charge in [0.25, 0.3) is 0 Å². The first-order chi connectivity index (χ1) is 13.0. The number of nitrogens with one attached hydrogen (secondary N) is 2. The Labute approximate surface area is 158 Å². The van der Waals surface area contributed by atoms with Crippen molar-refractivity contribution in [1.82, 2.24) is 19.9 Å². The molecule has 2 N–H and O–H groups in total. The first kappa shape index (κ1) is 17.3. The standard InChI is InChI=1S/C22H24N4O/c1-14(2)21(22-23-17-9-5-6-10-18(17)24-22)25-20(27)13-26-15(3)12-16-8-4-7-11-19(16)26/h4-12,14,21H,13H2,1-3H3,(H,23,24)(H,25,27). The number of fused-ring (bicyclic) bond motifs is 2. The summed E-state index contributed by atoms with van der Waals surface area (Å²) in [5.41, 5.74) is 4.06. The van der Waals surface area contributed by atoms with Crippen LogP contribution in [0.3, 0.4) is 0 Å². The summed E-state index contributed by atoms with van der Waals surface area (Å²) < 4.78 is 2.06. The number of carbonyl (C=O) groups excluding carboxylic acids is 1. The number of nitrogens with zero attached hydrogens (tertiary/aromatic N) is 2. The van der Waals surface area contributed by atoms with Gasteiger partial charge in [0.05, 0.1) is 17.1 Å². The summed E-state index contributed by atoms with van der Waals surface area (Å²) in [6.07, 6.45) is 0. The topological polar surface area (TPSA) is 62.7 Å². The molecule has 0 saturated heterocycles. The molecule has 1 atom stereocenters. The molecular formula is C22H24N4O. The molecule has 0 radical (unpaired) electrons. The molecule has 4 aromatic rings. The van der Waals surface area contributed by atoms with E-state index in [2.05, 4.69) is 51.9 Å². The molecule has 0 bridgehead atoms. The van der Waals surface area contributed by atoms with Crippen molar-refractivity contribution in [2.45, 2.75) is 33.4 Å². The highest BCUT2D eigenvalue weighted by Crippen LogP contribution is 2.23. The Kier molecular flexibility index (Phi) is 4.44. The van der Waals surface area contributed by atoms with Gasteiger partial charge in [0.15, 0.2) is 0 Å². The number of amides is 1. The highest BCUT2D eigenvalue weighted by atomic mass is 16.2. The molecular weight excluding hydrogens is 336 g/mol. The zero-order valence-electron chi connectivity index (χ0n) is 15.9. The molecule has 0 saturated carbocycles. The third-order valence-corrected chi connectivity index (χ3v) is 5.00. The maximum absolute atomic E-state index is 12.8. The minimum absolute atomic E-state index is 0.0152. The number of hydrogen-bond donors (Lipinski definition) is 2. The SMILES string of the molecule is Cc1cc2ccccc2n1CC(=O)NC(c1nc2ccccc2[nH]1)C(C)C. The predicted octanol–water partition coefficient (Wildman–Crippen LogP) is 4.34. The van der Waals surface area contributed by atoms with E-state index in [0.717, 1.165) is 33.5 Å². The lowest BCUT2D eigenvalue weighted by Gasteiger charge is -2.21. The van der Waals surface area contributed by atoms with E-state index < -0.39 is 0 Å². The highest BCUT2D eigenvalue weighted by Gasteiger charge is 2.22. The fraction of sp³-hybridized carbons (Fsp3) is 0.273. The summed E-state index contributed by atoms with van der Waals surface area (Å²) >= 11 is 0. The predicted molar refractivity (Wildman–Crippen MR) is 108 cm³/mol. The third-order valence-electron chi connectivity index (χ3n) is 5.00. The molecule has 27 heavy (non-hydrogen) atoms. The van der Waals surface area contributed by atoms with Gasteiger partial charge in [-0.1, -0.05) is 44.2 Å². The lowest BCUT2D eigenvalue weighted by Crippen LogP contribution is -2.35. The zero-order valence-corrected chi connectivity index (χ0v) is 15.9. The van der Waals surface area contributed by atoms with Crippen molar-refractivity contribution in [3.05, 3.63) is 66.1 Å². The van der Waals surface area contributed by atoms with Crippen molar-refractivity contribution < 1.29 is 4.79 Å².